The summed E-state index contributed by atoms with van der Waals surface area (Å²) in [6, 6.07) is 12.3. The van der Waals surface area contributed by atoms with Crippen LogP contribution in [0.4, 0.5) is 4.39 Å². The molecular formula is C16H15BrFNO. The lowest BCUT2D eigenvalue weighted by molar-refractivity contribution is -0.117. The number of ketones is 1. The zero-order valence-corrected chi connectivity index (χ0v) is 12.5. The molecule has 0 aliphatic rings. The standard InChI is InChI=1S/C16H15BrFNO/c17-14-6-5-12(16(18)9-14)8-15(20)7-11-3-1-2-4-13(11)10-19/h1-6,9H,7-8,10,19H2. The maximum atomic E-state index is 13.7. The molecule has 0 heterocycles. The van der Waals surface area contributed by atoms with Crippen LogP contribution in [0.1, 0.15) is 16.7 Å². The molecule has 0 amide bonds. The van der Waals surface area contributed by atoms with Crippen LogP contribution in [0.2, 0.25) is 0 Å². The second-order valence-electron chi connectivity index (χ2n) is 4.60. The number of hydrogen-bond acceptors (Lipinski definition) is 2. The maximum absolute atomic E-state index is 13.7. The number of Topliss-reactive ketones (excluding diaryl/α,β-unsaturated/α-hetero) is 1. The Labute approximate surface area is 125 Å². The van der Waals surface area contributed by atoms with Crippen molar-refractivity contribution >= 4 is 21.7 Å². The average molecular weight is 336 g/mol. The van der Waals surface area contributed by atoms with Crippen LogP contribution in [-0.4, -0.2) is 5.78 Å². The molecule has 2 nitrogen and oxygen atoms in total. The van der Waals surface area contributed by atoms with Crippen molar-refractivity contribution < 1.29 is 9.18 Å². The molecule has 0 unspecified atom stereocenters. The smallest absolute Gasteiger partial charge is 0.141 e. The summed E-state index contributed by atoms with van der Waals surface area (Å²) in [6.07, 6.45) is 0.376. The summed E-state index contributed by atoms with van der Waals surface area (Å²) >= 11 is 3.20. The van der Waals surface area contributed by atoms with Gasteiger partial charge in [0.1, 0.15) is 11.6 Å². The van der Waals surface area contributed by atoms with Crippen LogP contribution in [0.25, 0.3) is 0 Å². The molecule has 0 saturated heterocycles. The number of nitrogens with two attached hydrogens (primary N) is 1. The van der Waals surface area contributed by atoms with E-state index in [4.69, 9.17) is 5.73 Å². The predicted molar refractivity (Wildman–Crippen MR) is 80.8 cm³/mol. The average Bonchev–Trinajstić information content (AvgIpc) is 2.42. The van der Waals surface area contributed by atoms with E-state index in [0.29, 0.717) is 16.6 Å². The summed E-state index contributed by atoms with van der Waals surface area (Å²) in [5, 5.41) is 0. The van der Waals surface area contributed by atoms with Crippen molar-refractivity contribution in [1.82, 2.24) is 0 Å². The van der Waals surface area contributed by atoms with Gasteiger partial charge in [0.15, 0.2) is 0 Å². The van der Waals surface area contributed by atoms with Gasteiger partial charge in [-0.25, -0.2) is 4.39 Å². The Hall–Kier alpha value is -1.52. The first-order chi connectivity index (χ1) is 9.60. The van der Waals surface area contributed by atoms with Gasteiger partial charge in [0, 0.05) is 23.9 Å². The van der Waals surface area contributed by atoms with Crippen LogP contribution in [-0.2, 0) is 24.2 Å². The summed E-state index contributed by atoms with van der Waals surface area (Å²) in [7, 11) is 0. The topological polar surface area (TPSA) is 43.1 Å². The second-order valence-corrected chi connectivity index (χ2v) is 5.52. The molecule has 0 fully saturated rings. The lowest BCUT2D eigenvalue weighted by Crippen LogP contribution is -2.11. The summed E-state index contributed by atoms with van der Waals surface area (Å²) in [6.45, 7) is 0.399. The molecule has 2 aromatic rings. The van der Waals surface area contributed by atoms with Crippen molar-refractivity contribution in [3.8, 4) is 0 Å². The van der Waals surface area contributed by atoms with E-state index in [2.05, 4.69) is 15.9 Å². The minimum atomic E-state index is -0.361. The molecule has 2 aromatic carbocycles. The van der Waals surface area contributed by atoms with E-state index in [-0.39, 0.29) is 24.4 Å². The largest absolute Gasteiger partial charge is 0.326 e. The van der Waals surface area contributed by atoms with Crippen molar-refractivity contribution in [2.24, 2.45) is 5.73 Å². The Morgan fingerprint density at radius 2 is 1.70 bits per heavy atom. The summed E-state index contributed by atoms with van der Waals surface area (Å²) in [4.78, 5) is 12.1. The first-order valence-corrected chi connectivity index (χ1v) is 7.12. The van der Waals surface area contributed by atoms with Gasteiger partial charge >= 0.3 is 0 Å². The van der Waals surface area contributed by atoms with E-state index in [1.54, 1.807) is 12.1 Å². The first kappa shape index (κ1) is 14.9. The highest BCUT2D eigenvalue weighted by Crippen LogP contribution is 2.17. The quantitative estimate of drug-likeness (QED) is 0.909. The van der Waals surface area contributed by atoms with Crippen LogP contribution in [0, 0.1) is 5.82 Å². The Morgan fingerprint density at radius 3 is 2.35 bits per heavy atom. The van der Waals surface area contributed by atoms with Gasteiger partial charge in [0.05, 0.1) is 0 Å². The number of benzene rings is 2. The molecule has 0 atom stereocenters. The van der Waals surface area contributed by atoms with Gasteiger partial charge in [-0.05, 0) is 28.8 Å². The molecule has 0 spiro atoms. The lowest BCUT2D eigenvalue weighted by atomic mass is 9.99. The molecule has 4 heteroatoms. The third-order valence-corrected chi connectivity index (χ3v) is 3.62. The van der Waals surface area contributed by atoms with Crippen molar-refractivity contribution in [1.29, 1.82) is 0 Å². The van der Waals surface area contributed by atoms with Crippen LogP contribution in [0.15, 0.2) is 46.9 Å². The van der Waals surface area contributed by atoms with E-state index in [1.165, 1.54) is 6.07 Å². The van der Waals surface area contributed by atoms with Gasteiger partial charge in [-0.3, -0.25) is 4.79 Å². The third kappa shape index (κ3) is 3.74. The third-order valence-electron chi connectivity index (χ3n) is 3.13. The molecule has 104 valence electrons. The molecule has 0 radical (unpaired) electrons. The van der Waals surface area contributed by atoms with Gasteiger partial charge < -0.3 is 5.73 Å². The van der Waals surface area contributed by atoms with Gasteiger partial charge in [0.2, 0.25) is 0 Å². The molecule has 2 N–H and O–H groups in total. The van der Waals surface area contributed by atoms with E-state index in [9.17, 15) is 9.18 Å². The predicted octanol–water partition coefficient (Wildman–Crippen LogP) is 3.40. The Morgan fingerprint density at radius 1 is 1.05 bits per heavy atom. The van der Waals surface area contributed by atoms with Crippen LogP contribution in [0.5, 0.6) is 0 Å². The molecule has 0 aliphatic carbocycles. The van der Waals surface area contributed by atoms with E-state index in [1.807, 2.05) is 24.3 Å². The fourth-order valence-electron chi connectivity index (χ4n) is 2.08. The molecule has 0 aromatic heterocycles. The van der Waals surface area contributed by atoms with Crippen LogP contribution < -0.4 is 5.73 Å². The zero-order chi connectivity index (χ0) is 14.5. The lowest BCUT2D eigenvalue weighted by Gasteiger charge is -2.07. The molecule has 0 bridgehead atoms. The minimum absolute atomic E-state index is 0.0212. The normalized spacial score (nSPS) is 10.6. The summed E-state index contributed by atoms with van der Waals surface area (Å²) in [5.74, 6) is -0.382. The van der Waals surface area contributed by atoms with Crippen molar-refractivity contribution in [3.63, 3.8) is 0 Å². The molecule has 20 heavy (non-hydrogen) atoms. The number of carbonyl (C=O) groups excluding carboxylic acids is 1. The number of hydrogen-bond donors (Lipinski definition) is 1. The van der Waals surface area contributed by atoms with Gasteiger partial charge in [-0.2, -0.15) is 0 Å². The van der Waals surface area contributed by atoms with Crippen molar-refractivity contribution in [3.05, 3.63) is 69.4 Å². The Balaban J connectivity index is 2.09. The van der Waals surface area contributed by atoms with Crippen LogP contribution in [0.3, 0.4) is 0 Å². The Kier molecular flexibility index (Phi) is 5.04. The van der Waals surface area contributed by atoms with Crippen LogP contribution >= 0.6 is 15.9 Å². The highest BCUT2D eigenvalue weighted by molar-refractivity contribution is 9.10. The SMILES string of the molecule is NCc1ccccc1CC(=O)Cc1ccc(Br)cc1F. The fraction of sp³-hybridized carbons (Fsp3) is 0.188. The van der Waals surface area contributed by atoms with E-state index in [0.717, 1.165) is 11.1 Å². The zero-order valence-electron chi connectivity index (χ0n) is 10.9. The highest BCUT2D eigenvalue weighted by atomic mass is 79.9. The molecule has 0 saturated carbocycles. The van der Waals surface area contributed by atoms with Crippen molar-refractivity contribution in [2.45, 2.75) is 19.4 Å². The van der Waals surface area contributed by atoms with Gasteiger partial charge in [-0.1, -0.05) is 46.3 Å². The van der Waals surface area contributed by atoms with E-state index >= 15 is 0 Å². The first-order valence-electron chi connectivity index (χ1n) is 6.32. The van der Waals surface area contributed by atoms with Gasteiger partial charge in [-0.15, -0.1) is 0 Å². The summed E-state index contributed by atoms with van der Waals surface area (Å²) < 4.78 is 14.4. The monoisotopic (exact) mass is 335 g/mol. The Bertz CT molecular complexity index is 628. The highest BCUT2D eigenvalue weighted by Gasteiger charge is 2.11. The minimum Gasteiger partial charge on any atom is -0.326 e. The number of rotatable bonds is 5. The van der Waals surface area contributed by atoms with Crippen molar-refractivity contribution in [2.75, 3.05) is 0 Å². The molecule has 2 rings (SSSR count). The summed E-state index contributed by atoms with van der Waals surface area (Å²) in [5.41, 5.74) is 7.93. The van der Waals surface area contributed by atoms with Gasteiger partial charge in [0.25, 0.3) is 0 Å². The molecule has 0 aliphatic heterocycles. The fourth-order valence-corrected chi connectivity index (χ4v) is 2.41. The number of halogens is 2. The van der Waals surface area contributed by atoms with E-state index < -0.39 is 0 Å². The second kappa shape index (κ2) is 6.77. The number of carbonyl (C=O) groups is 1. The maximum Gasteiger partial charge on any atom is 0.141 e. The molecular weight excluding hydrogens is 321 g/mol.